The number of benzene rings is 1. The third-order valence-corrected chi connectivity index (χ3v) is 4.63. The number of hydrogen-bond acceptors (Lipinski definition) is 6. The van der Waals surface area contributed by atoms with Crippen molar-refractivity contribution in [2.45, 2.75) is 12.5 Å². The Hall–Kier alpha value is -3.06. The van der Waals surface area contributed by atoms with Crippen LogP contribution >= 0.6 is 0 Å². The molecule has 0 amide bonds. The third-order valence-electron chi connectivity index (χ3n) is 4.63. The molecule has 3 aromatic rings. The minimum atomic E-state index is -0.167. The molecule has 3 heterocycles. The normalized spacial score (nSPS) is 16.4. The predicted octanol–water partition coefficient (Wildman–Crippen LogP) is 2.12. The molecule has 2 aromatic heterocycles. The Kier molecular flexibility index (Phi) is 4.68. The standard InChI is InChI=1S/C20H21N3O4/c1-25-17-5-3-13(9-18(17)26-2)16-10-20(24)23-12-15(4-6-19(23)22-16)27-14-7-8-21-11-14/h3-6,9-10,12,14,21H,7-8,11H2,1-2H3. The van der Waals surface area contributed by atoms with Gasteiger partial charge in [-0.3, -0.25) is 9.20 Å². The first-order valence-corrected chi connectivity index (χ1v) is 8.81. The lowest BCUT2D eigenvalue weighted by molar-refractivity contribution is 0.222. The van der Waals surface area contributed by atoms with Crippen molar-refractivity contribution in [3.63, 3.8) is 0 Å². The molecule has 1 unspecified atom stereocenters. The van der Waals surface area contributed by atoms with Crippen molar-refractivity contribution in [2.24, 2.45) is 0 Å². The molecule has 0 radical (unpaired) electrons. The second-order valence-corrected chi connectivity index (χ2v) is 6.38. The molecule has 0 saturated carbocycles. The summed E-state index contributed by atoms with van der Waals surface area (Å²) >= 11 is 0. The molecule has 27 heavy (non-hydrogen) atoms. The number of ether oxygens (including phenoxy) is 3. The Morgan fingerprint density at radius 1 is 1.11 bits per heavy atom. The molecule has 1 aliphatic heterocycles. The van der Waals surface area contributed by atoms with Crippen LogP contribution in [0.3, 0.4) is 0 Å². The molecule has 7 heteroatoms. The van der Waals surface area contributed by atoms with E-state index in [1.54, 1.807) is 32.5 Å². The zero-order chi connectivity index (χ0) is 18.8. The van der Waals surface area contributed by atoms with Crippen LogP contribution < -0.4 is 25.1 Å². The maximum Gasteiger partial charge on any atom is 0.258 e. The minimum absolute atomic E-state index is 0.136. The molecule has 1 aliphatic rings. The van der Waals surface area contributed by atoms with Gasteiger partial charge < -0.3 is 19.5 Å². The minimum Gasteiger partial charge on any atom is -0.493 e. The van der Waals surface area contributed by atoms with E-state index in [0.717, 1.165) is 25.1 Å². The quantitative estimate of drug-likeness (QED) is 0.745. The fourth-order valence-corrected chi connectivity index (χ4v) is 3.22. The van der Waals surface area contributed by atoms with E-state index in [2.05, 4.69) is 10.3 Å². The number of hydrogen-bond donors (Lipinski definition) is 1. The summed E-state index contributed by atoms with van der Waals surface area (Å²) in [6.45, 7) is 1.78. The van der Waals surface area contributed by atoms with Crippen LogP contribution in [0.25, 0.3) is 16.9 Å². The van der Waals surface area contributed by atoms with Crippen molar-refractivity contribution in [1.29, 1.82) is 0 Å². The number of methoxy groups -OCH3 is 2. The van der Waals surface area contributed by atoms with E-state index in [0.29, 0.717) is 28.6 Å². The van der Waals surface area contributed by atoms with Crippen molar-refractivity contribution in [3.8, 4) is 28.5 Å². The summed E-state index contributed by atoms with van der Waals surface area (Å²) in [6.07, 6.45) is 2.79. The number of fused-ring (bicyclic) bond motifs is 1. The highest BCUT2D eigenvalue weighted by Gasteiger charge is 2.16. The van der Waals surface area contributed by atoms with Crippen LogP contribution in [-0.2, 0) is 0 Å². The van der Waals surface area contributed by atoms with Gasteiger partial charge in [0.15, 0.2) is 11.5 Å². The first-order valence-electron chi connectivity index (χ1n) is 8.81. The summed E-state index contributed by atoms with van der Waals surface area (Å²) in [5.74, 6) is 1.88. The summed E-state index contributed by atoms with van der Waals surface area (Å²) < 4.78 is 18.0. The molecule has 0 aliphatic carbocycles. The highest BCUT2D eigenvalue weighted by molar-refractivity contribution is 5.65. The highest BCUT2D eigenvalue weighted by Crippen LogP contribution is 2.31. The number of nitrogens with zero attached hydrogens (tertiary/aromatic N) is 2. The summed E-state index contributed by atoms with van der Waals surface area (Å²) in [4.78, 5) is 17.2. The molecule has 1 aromatic carbocycles. The zero-order valence-electron chi connectivity index (χ0n) is 15.3. The van der Waals surface area contributed by atoms with Crippen LogP contribution in [0, 0.1) is 0 Å². The molecular weight excluding hydrogens is 346 g/mol. The molecule has 7 nitrogen and oxygen atoms in total. The zero-order valence-corrected chi connectivity index (χ0v) is 15.3. The number of aromatic nitrogens is 2. The average molecular weight is 367 g/mol. The maximum atomic E-state index is 12.6. The van der Waals surface area contributed by atoms with E-state index in [4.69, 9.17) is 14.2 Å². The second kappa shape index (κ2) is 7.28. The predicted molar refractivity (Wildman–Crippen MR) is 102 cm³/mol. The largest absolute Gasteiger partial charge is 0.493 e. The third kappa shape index (κ3) is 3.46. The van der Waals surface area contributed by atoms with Gasteiger partial charge >= 0.3 is 0 Å². The fourth-order valence-electron chi connectivity index (χ4n) is 3.22. The van der Waals surface area contributed by atoms with Crippen LogP contribution in [0.15, 0.2) is 47.4 Å². The molecule has 1 atom stereocenters. The summed E-state index contributed by atoms with van der Waals surface area (Å²) in [5, 5.41) is 3.26. The summed E-state index contributed by atoms with van der Waals surface area (Å²) in [6, 6.07) is 10.6. The maximum absolute atomic E-state index is 12.6. The lowest BCUT2D eigenvalue weighted by Crippen LogP contribution is -2.20. The van der Waals surface area contributed by atoms with Crippen molar-refractivity contribution >= 4 is 5.65 Å². The van der Waals surface area contributed by atoms with E-state index in [-0.39, 0.29) is 11.7 Å². The second-order valence-electron chi connectivity index (χ2n) is 6.38. The van der Waals surface area contributed by atoms with Gasteiger partial charge in [0.05, 0.1) is 26.1 Å². The van der Waals surface area contributed by atoms with E-state index in [1.807, 2.05) is 18.2 Å². The van der Waals surface area contributed by atoms with Gasteiger partial charge in [-0.1, -0.05) is 0 Å². The Bertz CT molecular complexity index is 1030. The number of pyridine rings is 1. The van der Waals surface area contributed by atoms with Crippen LogP contribution in [0.5, 0.6) is 17.2 Å². The van der Waals surface area contributed by atoms with Gasteiger partial charge in [0.1, 0.15) is 17.5 Å². The van der Waals surface area contributed by atoms with E-state index in [1.165, 1.54) is 10.5 Å². The Morgan fingerprint density at radius 2 is 1.96 bits per heavy atom. The van der Waals surface area contributed by atoms with Crippen LogP contribution in [0.1, 0.15) is 6.42 Å². The summed E-state index contributed by atoms with van der Waals surface area (Å²) in [5.41, 5.74) is 1.75. The first kappa shape index (κ1) is 17.4. The van der Waals surface area contributed by atoms with Gasteiger partial charge in [0.2, 0.25) is 0 Å². The van der Waals surface area contributed by atoms with Crippen molar-refractivity contribution in [3.05, 3.63) is 52.9 Å². The first-order chi connectivity index (χ1) is 13.2. The SMILES string of the molecule is COc1ccc(-c2cc(=O)n3cc(OC4CCNC4)ccc3n2)cc1OC. The number of rotatable bonds is 5. The lowest BCUT2D eigenvalue weighted by Gasteiger charge is -2.13. The average Bonchev–Trinajstić information content (AvgIpc) is 3.20. The van der Waals surface area contributed by atoms with Gasteiger partial charge in [0.25, 0.3) is 5.56 Å². The van der Waals surface area contributed by atoms with Gasteiger partial charge in [0, 0.05) is 18.2 Å². The molecule has 0 bridgehead atoms. The molecule has 4 rings (SSSR count). The Balaban J connectivity index is 1.70. The topological polar surface area (TPSA) is 74.1 Å². The van der Waals surface area contributed by atoms with E-state index in [9.17, 15) is 4.79 Å². The van der Waals surface area contributed by atoms with Crippen LogP contribution in [0.4, 0.5) is 0 Å². The van der Waals surface area contributed by atoms with Gasteiger partial charge in [-0.15, -0.1) is 0 Å². The van der Waals surface area contributed by atoms with Gasteiger partial charge in [-0.2, -0.15) is 0 Å². The molecular formula is C20H21N3O4. The molecule has 1 saturated heterocycles. The molecule has 140 valence electrons. The number of nitrogens with one attached hydrogen (secondary N) is 1. The van der Waals surface area contributed by atoms with Crippen molar-refractivity contribution < 1.29 is 14.2 Å². The van der Waals surface area contributed by atoms with Gasteiger partial charge in [-0.05, 0) is 43.3 Å². The van der Waals surface area contributed by atoms with Gasteiger partial charge in [-0.25, -0.2) is 4.98 Å². The van der Waals surface area contributed by atoms with Crippen molar-refractivity contribution in [2.75, 3.05) is 27.3 Å². The van der Waals surface area contributed by atoms with E-state index >= 15 is 0 Å². The smallest absolute Gasteiger partial charge is 0.258 e. The van der Waals surface area contributed by atoms with Crippen molar-refractivity contribution in [1.82, 2.24) is 14.7 Å². The van der Waals surface area contributed by atoms with E-state index < -0.39 is 0 Å². The lowest BCUT2D eigenvalue weighted by atomic mass is 10.1. The Labute approximate surface area is 156 Å². The molecule has 1 fully saturated rings. The Morgan fingerprint density at radius 3 is 2.70 bits per heavy atom. The fraction of sp³-hybridized carbons (Fsp3) is 0.300. The summed E-state index contributed by atoms with van der Waals surface area (Å²) in [7, 11) is 3.16. The highest BCUT2D eigenvalue weighted by atomic mass is 16.5. The molecule has 1 N–H and O–H groups in total. The monoisotopic (exact) mass is 367 g/mol. The van der Waals surface area contributed by atoms with Crippen LogP contribution in [0.2, 0.25) is 0 Å². The van der Waals surface area contributed by atoms with Crippen LogP contribution in [-0.4, -0.2) is 42.8 Å². The molecule has 0 spiro atoms.